The number of carbonyl (C=O) groups excluding carboxylic acids is 1. The first-order valence-electron chi connectivity index (χ1n) is 5.51. The molecule has 0 bridgehead atoms. The number of nitrogens with zero attached hydrogens (tertiary/aromatic N) is 1. The first-order valence-corrected chi connectivity index (χ1v) is 5.51. The number of rotatable bonds is 1. The second kappa shape index (κ2) is 4.39. The van der Waals surface area contributed by atoms with Crippen LogP contribution in [0.4, 0.5) is 4.79 Å². The number of hydrogen-bond acceptors (Lipinski definition) is 3. The van der Waals surface area contributed by atoms with Gasteiger partial charge in [-0.2, -0.15) is 0 Å². The summed E-state index contributed by atoms with van der Waals surface area (Å²) in [6.07, 6.45) is 0.805. The van der Waals surface area contributed by atoms with E-state index >= 15 is 0 Å². The van der Waals surface area contributed by atoms with E-state index in [2.05, 4.69) is 0 Å². The van der Waals surface area contributed by atoms with Crippen molar-refractivity contribution in [2.24, 2.45) is 0 Å². The van der Waals surface area contributed by atoms with Crippen molar-refractivity contribution in [3.8, 4) is 0 Å². The lowest BCUT2D eigenvalue weighted by atomic mass is 10.1. The van der Waals surface area contributed by atoms with E-state index in [1.165, 1.54) is 0 Å². The number of amides is 1. The Balaban J connectivity index is 2.59. The molecule has 4 nitrogen and oxygen atoms in total. The van der Waals surface area contributed by atoms with Gasteiger partial charge in [0.1, 0.15) is 5.60 Å². The molecular formula is C11H21NO3. The van der Waals surface area contributed by atoms with Crippen molar-refractivity contribution in [3.63, 3.8) is 0 Å². The summed E-state index contributed by atoms with van der Waals surface area (Å²) in [4.78, 5) is 13.4. The van der Waals surface area contributed by atoms with Crippen LogP contribution in [0.15, 0.2) is 0 Å². The molecule has 88 valence electrons. The fraction of sp³-hybridized carbons (Fsp3) is 0.909. The predicted octanol–water partition coefficient (Wildman–Crippen LogP) is 1.77. The molecule has 0 aromatic heterocycles. The summed E-state index contributed by atoms with van der Waals surface area (Å²) in [6, 6.07) is 0.120. The minimum Gasteiger partial charge on any atom is -0.444 e. The second-order valence-corrected chi connectivity index (χ2v) is 5.08. The minimum absolute atomic E-state index is 0.120. The highest BCUT2D eigenvalue weighted by molar-refractivity contribution is 5.69. The fourth-order valence-corrected chi connectivity index (χ4v) is 1.82. The summed E-state index contributed by atoms with van der Waals surface area (Å²) in [5.41, 5.74) is -0.469. The van der Waals surface area contributed by atoms with E-state index in [4.69, 9.17) is 4.74 Å². The van der Waals surface area contributed by atoms with E-state index in [9.17, 15) is 9.90 Å². The van der Waals surface area contributed by atoms with Gasteiger partial charge in [0.2, 0.25) is 0 Å². The molecular weight excluding hydrogens is 194 g/mol. The van der Waals surface area contributed by atoms with Gasteiger partial charge in [-0.25, -0.2) is 4.79 Å². The molecule has 1 aliphatic rings. The number of carbonyl (C=O) groups is 1. The van der Waals surface area contributed by atoms with Crippen LogP contribution in [-0.2, 0) is 4.74 Å². The zero-order valence-electron chi connectivity index (χ0n) is 9.99. The molecule has 1 N–H and O–H groups in total. The third-order valence-corrected chi connectivity index (χ3v) is 2.49. The van der Waals surface area contributed by atoms with Crippen molar-refractivity contribution in [1.82, 2.24) is 4.90 Å². The van der Waals surface area contributed by atoms with Gasteiger partial charge in [0.25, 0.3) is 0 Å². The Hall–Kier alpha value is -0.770. The molecule has 0 saturated carbocycles. The van der Waals surface area contributed by atoms with Crippen molar-refractivity contribution < 1.29 is 14.6 Å². The zero-order chi connectivity index (χ0) is 11.6. The van der Waals surface area contributed by atoms with Gasteiger partial charge < -0.3 is 14.7 Å². The molecule has 0 spiro atoms. The number of ether oxygens (including phenoxy) is 1. The Morgan fingerprint density at radius 3 is 2.60 bits per heavy atom. The van der Waals surface area contributed by atoms with E-state index in [0.29, 0.717) is 13.0 Å². The monoisotopic (exact) mass is 215 g/mol. The van der Waals surface area contributed by atoms with Crippen LogP contribution in [0.25, 0.3) is 0 Å². The van der Waals surface area contributed by atoms with Gasteiger partial charge in [-0.3, -0.25) is 0 Å². The van der Waals surface area contributed by atoms with Crippen LogP contribution in [0, 0.1) is 0 Å². The number of aliphatic hydroxyl groups excluding tert-OH is 1. The van der Waals surface area contributed by atoms with Crippen LogP contribution in [0.1, 0.15) is 40.5 Å². The number of aliphatic hydroxyl groups is 1. The third-order valence-electron chi connectivity index (χ3n) is 2.49. The van der Waals surface area contributed by atoms with Gasteiger partial charge in [0, 0.05) is 6.04 Å². The van der Waals surface area contributed by atoms with Crippen molar-refractivity contribution in [3.05, 3.63) is 0 Å². The highest BCUT2D eigenvalue weighted by Gasteiger charge is 2.35. The summed E-state index contributed by atoms with van der Waals surface area (Å²) in [7, 11) is 0. The normalized spacial score (nSPS) is 26.9. The number of likely N-dealkylation sites (tertiary alicyclic amines) is 1. The molecule has 0 radical (unpaired) electrons. The van der Waals surface area contributed by atoms with Crippen molar-refractivity contribution in [2.75, 3.05) is 6.54 Å². The summed E-state index contributed by atoms with van der Waals surface area (Å²) in [5, 5.41) is 9.50. The van der Waals surface area contributed by atoms with Gasteiger partial charge in [-0.15, -0.1) is 0 Å². The van der Waals surface area contributed by atoms with E-state index in [-0.39, 0.29) is 12.1 Å². The molecule has 1 saturated heterocycles. The highest BCUT2D eigenvalue weighted by atomic mass is 16.6. The summed E-state index contributed by atoms with van der Waals surface area (Å²) in [6.45, 7) is 7.95. The van der Waals surface area contributed by atoms with Gasteiger partial charge in [-0.1, -0.05) is 6.92 Å². The van der Waals surface area contributed by atoms with Crippen molar-refractivity contribution in [2.45, 2.75) is 58.3 Å². The molecule has 1 rings (SSSR count). The molecule has 2 unspecified atom stereocenters. The lowest BCUT2D eigenvalue weighted by Crippen LogP contribution is -2.39. The number of β-amino-alcohol motifs (C(OH)–C–C–N with tert-alkyl or cyclic N) is 1. The van der Waals surface area contributed by atoms with Gasteiger partial charge in [0.05, 0.1) is 12.6 Å². The number of hydrogen-bond donors (Lipinski definition) is 1. The second-order valence-electron chi connectivity index (χ2n) is 5.08. The molecule has 1 aliphatic heterocycles. The Kier molecular flexibility index (Phi) is 3.60. The predicted molar refractivity (Wildman–Crippen MR) is 57.6 cm³/mol. The molecule has 0 aromatic rings. The lowest BCUT2D eigenvalue weighted by molar-refractivity contribution is 0.0206. The average Bonchev–Trinajstić information content (AvgIpc) is 2.43. The fourth-order valence-electron chi connectivity index (χ4n) is 1.82. The van der Waals surface area contributed by atoms with E-state index in [1.807, 2.05) is 27.7 Å². The molecule has 2 atom stereocenters. The molecule has 1 heterocycles. The summed E-state index contributed by atoms with van der Waals surface area (Å²) >= 11 is 0. The van der Waals surface area contributed by atoms with Gasteiger partial charge in [-0.05, 0) is 33.6 Å². The zero-order valence-corrected chi connectivity index (χ0v) is 9.99. The SMILES string of the molecule is CCC1CC(O)CN1C(=O)OC(C)(C)C. The van der Waals surface area contributed by atoms with Crippen LogP contribution in [0.3, 0.4) is 0 Å². The average molecular weight is 215 g/mol. The highest BCUT2D eigenvalue weighted by Crippen LogP contribution is 2.22. The maximum atomic E-state index is 11.8. The van der Waals surface area contributed by atoms with E-state index in [1.54, 1.807) is 4.90 Å². The smallest absolute Gasteiger partial charge is 0.410 e. The van der Waals surface area contributed by atoms with Crippen LogP contribution in [0.2, 0.25) is 0 Å². The van der Waals surface area contributed by atoms with Crippen molar-refractivity contribution >= 4 is 6.09 Å². The van der Waals surface area contributed by atoms with Crippen LogP contribution >= 0.6 is 0 Å². The Morgan fingerprint density at radius 2 is 2.13 bits per heavy atom. The molecule has 1 amide bonds. The Labute approximate surface area is 91.2 Å². The Bertz CT molecular complexity index is 234. The quantitative estimate of drug-likeness (QED) is 0.725. The van der Waals surface area contributed by atoms with Crippen LogP contribution in [0.5, 0.6) is 0 Å². The molecule has 0 aromatic carbocycles. The maximum absolute atomic E-state index is 11.8. The van der Waals surface area contributed by atoms with Crippen LogP contribution < -0.4 is 0 Å². The van der Waals surface area contributed by atoms with Gasteiger partial charge >= 0.3 is 6.09 Å². The molecule has 0 aliphatic carbocycles. The first-order chi connectivity index (χ1) is 6.83. The molecule has 4 heteroatoms. The summed E-state index contributed by atoms with van der Waals surface area (Å²) in [5.74, 6) is 0. The minimum atomic E-state index is -0.469. The molecule has 1 fully saturated rings. The van der Waals surface area contributed by atoms with E-state index in [0.717, 1.165) is 6.42 Å². The lowest BCUT2D eigenvalue weighted by Gasteiger charge is -2.27. The maximum Gasteiger partial charge on any atom is 0.410 e. The molecule has 15 heavy (non-hydrogen) atoms. The van der Waals surface area contributed by atoms with E-state index < -0.39 is 11.7 Å². The topological polar surface area (TPSA) is 49.8 Å². The standard InChI is InChI=1S/C11H21NO3/c1-5-8-6-9(13)7-12(8)10(14)15-11(2,3)4/h8-9,13H,5-7H2,1-4H3. The Morgan fingerprint density at radius 1 is 1.53 bits per heavy atom. The van der Waals surface area contributed by atoms with Crippen molar-refractivity contribution in [1.29, 1.82) is 0 Å². The van der Waals surface area contributed by atoms with Crippen LogP contribution in [-0.4, -0.2) is 40.4 Å². The first kappa shape index (κ1) is 12.3. The van der Waals surface area contributed by atoms with Gasteiger partial charge in [0.15, 0.2) is 0 Å². The largest absolute Gasteiger partial charge is 0.444 e. The summed E-state index contributed by atoms with van der Waals surface area (Å²) < 4.78 is 5.28. The third kappa shape index (κ3) is 3.38.